The molecule has 0 aliphatic carbocycles. The van der Waals surface area contributed by atoms with Gasteiger partial charge in [0.25, 0.3) is 0 Å². The van der Waals surface area contributed by atoms with Gasteiger partial charge in [0.15, 0.2) is 0 Å². The Balaban J connectivity index is 2.57. The van der Waals surface area contributed by atoms with E-state index in [0.29, 0.717) is 19.6 Å². The topological polar surface area (TPSA) is 61.5 Å². The summed E-state index contributed by atoms with van der Waals surface area (Å²) in [5.41, 5.74) is 7.13. The molecule has 0 aliphatic heterocycles. The summed E-state index contributed by atoms with van der Waals surface area (Å²) in [5, 5.41) is 0. The fourth-order valence-electron chi connectivity index (χ4n) is 1.71. The van der Waals surface area contributed by atoms with Crippen molar-refractivity contribution in [3.8, 4) is 0 Å². The minimum absolute atomic E-state index is 0.344. The molecule has 0 radical (unpaired) electrons. The SMILES string of the molecule is CCOP(=O)(OCC)[C@H](N)CCc1ccccc1. The smallest absolute Gasteiger partial charge is 0.318 e. The lowest BCUT2D eigenvalue weighted by atomic mass is 10.1. The molecule has 0 saturated carbocycles. The number of benzene rings is 1. The minimum Gasteiger partial charge on any atom is -0.318 e. The van der Waals surface area contributed by atoms with Crippen molar-refractivity contribution >= 4 is 7.60 Å². The van der Waals surface area contributed by atoms with Gasteiger partial charge in [-0.25, -0.2) is 0 Å². The van der Waals surface area contributed by atoms with Gasteiger partial charge in [-0.05, 0) is 32.3 Å². The Morgan fingerprint density at radius 1 is 1.17 bits per heavy atom. The van der Waals surface area contributed by atoms with Crippen LogP contribution in [-0.4, -0.2) is 19.0 Å². The third-order valence-corrected chi connectivity index (χ3v) is 4.90. The van der Waals surface area contributed by atoms with Crippen LogP contribution in [0.15, 0.2) is 30.3 Å². The maximum Gasteiger partial charge on any atom is 0.347 e. The van der Waals surface area contributed by atoms with E-state index in [1.807, 2.05) is 30.3 Å². The molecule has 0 spiro atoms. The Kier molecular flexibility index (Phi) is 6.58. The Morgan fingerprint density at radius 3 is 2.22 bits per heavy atom. The van der Waals surface area contributed by atoms with E-state index >= 15 is 0 Å². The standard InChI is InChI=1S/C13H22NO3P/c1-3-16-18(15,17-4-2)13(14)11-10-12-8-6-5-7-9-12/h5-9,13H,3-4,10-11,14H2,1-2H3/t13-/m0/s1. The van der Waals surface area contributed by atoms with Crippen molar-refractivity contribution in [2.24, 2.45) is 5.73 Å². The van der Waals surface area contributed by atoms with Crippen LogP contribution in [0.1, 0.15) is 25.8 Å². The van der Waals surface area contributed by atoms with Crippen LogP contribution in [0.3, 0.4) is 0 Å². The van der Waals surface area contributed by atoms with E-state index < -0.39 is 13.4 Å². The van der Waals surface area contributed by atoms with E-state index in [4.69, 9.17) is 14.8 Å². The molecule has 18 heavy (non-hydrogen) atoms. The normalized spacial score (nSPS) is 13.5. The maximum absolute atomic E-state index is 12.4. The average Bonchev–Trinajstić information content (AvgIpc) is 2.37. The molecule has 5 heteroatoms. The number of hydrogen-bond acceptors (Lipinski definition) is 4. The summed E-state index contributed by atoms with van der Waals surface area (Å²) in [5.74, 6) is -0.572. The predicted octanol–water partition coefficient (Wildman–Crippen LogP) is 3.17. The largest absolute Gasteiger partial charge is 0.347 e. The zero-order chi connectivity index (χ0) is 13.4. The summed E-state index contributed by atoms with van der Waals surface area (Å²) >= 11 is 0. The Labute approximate surface area is 109 Å². The molecule has 0 amide bonds. The van der Waals surface area contributed by atoms with E-state index in [1.54, 1.807) is 13.8 Å². The van der Waals surface area contributed by atoms with E-state index in [0.717, 1.165) is 6.42 Å². The van der Waals surface area contributed by atoms with Crippen LogP contribution in [-0.2, 0) is 20.0 Å². The lowest BCUT2D eigenvalue weighted by molar-refractivity contribution is 0.211. The molecule has 2 N–H and O–H groups in total. The van der Waals surface area contributed by atoms with Crippen LogP contribution in [0.4, 0.5) is 0 Å². The molecule has 1 aromatic carbocycles. The summed E-state index contributed by atoms with van der Waals surface area (Å²) < 4.78 is 22.8. The zero-order valence-electron chi connectivity index (χ0n) is 11.0. The zero-order valence-corrected chi connectivity index (χ0v) is 11.9. The van der Waals surface area contributed by atoms with Crippen molar-refractivity contribution in [1.29, 1.82) is 0 Å². The molecule has 0 bridgehead atoms. The fourth-order valence-corrected chi connectivity index (χ4v) is 3.33. The van der Waals surface area contributed by atoms with Crippen molar-refractivity contribution < 1.29 is 13.6 Å². The fraction of sp³-hybridized carbons (Fsp3) is 0.538. The van der Waals surface area contributed by atoms with Crippen molar-refractivity contribution in [1.82, 2.24) is 0 Å². The molecule has 1 aromatic rings. The Hall–Kier alpha value is -0.670. The number of rotatable bonds is 8. The van der Waals surface area contributed by atoms with Gasteiger partial charge in [0.05, 0.1) is 13.2 Å². The van der Waals surface area contributed by atoms with Crippen molar-refractivity contribution in [3.63, 3.8) is 0 Å². The summed E-state index contributed by atoms with van der Waals surface area (Å²) in [6.45, 7) is 4.26. The third kappa shape index (κ3) is 4.54. The lowest BCUT2D eigenvalue weighted by Gasteiger charge is -2.23. The van der Waals surface area contributed by atoms with Crippen LogP contribution in [0.5, 0.6) is 0 Å². The summed E-state index contributed by atoms with van der Waals surface area (Å²) in [4.78, 5) is 0. The Morgan fingerprint density at radius 2 is 1.72 bits per heavy atom. The minimum atomic E-state index is -3.17. The molecule has 0 aliphatic rings. The first kappa shape index (κ1) is 15.4. The number of aryl methyl sites for hydroxylation is 1. The van der Waals surface area contributed by atoms with Gasteiger partial charge in [-0.3, -0.25) is 4.57 Å². The molecule has 0 heterocycles. The van der Waals surface area contributed by atoms with Gasteiger partial charge in [-0.2, -0.15) is 0 Å². The van der Waals surface area contributed by atoms with E-state index in [-0.39, 0.29) is 0 Å². The van der Waals surface area contributed by atoms with E-state index in [1.165, 1.54) is 5.56 Å². The molecule has 1 rings (SSSR count). The van der Waals surface area contributed by atoms with Gasteiger partial charge in [0.2, 0.25) is 0 Å². The first-order valence-electron chi connectivity index (χ1n) is 6.30. The summed E-state index contributed by atoms with van der Waals surface area (Å²) in [7, 11) is -3.17. The van der Waals surface area contributed by atoms with Crippen molar-refractivity contribution in [2.45, 2.75) is 32.5 Å². The van der Waals surface area contributed by atoms with Gasteiger partial charge in [0, 0.05) is 0 Å². The molecule has 0 saturated heterocycles. The average molecular weight is 271 g/mol. The second-order valence-corrected chi connectivity index (χ2v) is 6.23. The molecule has 0 unspecified atom stereocenters. The molecule has 0 fully saturated rings. The van der Waals surface area contributed by atoms with Crippen LogP contribution in [0.2, 0.25) is 0 Å². The maximum atomic E-state index is 12.4. The van der Waals surface area contributed by atoms with Gasteiger partial charge in [-0.15, -0.1) is 0 Å². The molecular weight excluding hydrogens is 249 g/mol. The number of hydrogen-bond donors (Lipinski definition) is 1. The molecule has 102 valence electrons. The van der Waals surface area contributed by atoms with E-state index in [2.05, 4.69) is 0 Å². The van der Waals surface area contributed by atoms with Crippen molar-refractivity contribution in [3.05, 3.63) is 35.9 Å². The van der Waals surface area contributed by atoms with Gasteiger partial charge < -0.3 is 14.8 Å². The first-order chi connectivity index (χ1) is 8.62. The molecule has 0 aromatic heterocycles. The highest BCUT2D eigenvalue weighted by Gasteiger charge is 2.31. The first-order valence-corrected chi connectivity index (χ1v) is 7.92. The van der Waals surface area contributed by atoms with Crippen LogP contribution >= 0.6 is 7.60 Å². The van der Waals surface area contributed by atoms with Crippen LogP contribution in [0.25, 0.3) is 0 Å². The van der Waals surface area contributed by atoms with Crippen molar-refractivity contribution in [2.75, 3.05) is 13.2 Å². The predicted molar refractivity (Wildman–Crippen MR) is 73.6 cm³/mol. The monoisotopic (exact) mass is 271 g/mol. The lowest BCUT2D eigenvalue weighted by Crippen LogP contribution is -2.23. The molecular formula is C13H22NO3P. The van der Waals surface area contributed by atoms with E-state index in [9.17, 15) is 4.57 Å². The van der Waals surface area contributed by atoms with Gasteiger partial charge in [-0.1, -0.05) is 30.3 Å². The highest BCUT2D eigenvalue weighted by atomic mass is 31.2. The molecule has 4 nitrogen and oxygen atoms in total. The van der Waals surface area contributed by atoms with Gasteiger partial charge in [0.1, 0.15) is 5.78 Å². The Bertz CT molecular complexity index is 373. The highest BCUT2D eigenvalue weighted by molar-refractivity contribution is 7.54. The second-order valence-electron chi connectivity index (χ2n) is 3.97. The second kappa shape index (κ2) is 7.70. The van der Waals surface area contributed by atoms with Gasteiger partial charge >= 0.3 is 7.60 Å². The quantitative estimate of drug-likeness (QED) is 0.738. The van der Waals surface area contributed by atoms with Crippen LogP contribution < -0.4 is 5.73 Å². The molecule has 1 atom stereocenters. The number of nitrogens with two attached hydrogens (primary N) is 1. The summed E-state index contributed by atoms with van der Waals surface area (Å²) in [6.07, 6.45) is 1.35. The van der Waals surface area contributed by atoms with Crippen LogP contribution in [0, 0.1) is 0 Å². The highest BCUT2D eigenvalue weighted by Crippen LogP contribution is 2.52. The summed E-state index contributed by atoms with van der Waals surface area (Å²) in [6, 6.07) is 9.98. The third-order valence-electron chi connectivity index (χ3n) is 2.60.